The summed E-state index contributed by atoms with van der Waals surface area (Å²) in [6.07, 6.45) is 0. The first-order valence-electron chi connectivity index (χ1n) is 4.61. The zero-order valence-electron chi connectivity index (χ0n) is 8.87. The SMILES string of the molecule is COC[C@@H](N)c1c(C)cc(O)cc1C. The minimum absolute atomic E-state index is 0.124. The lowest BCUT2D eigenvalue weighted by Gasteiger charge is -2.17. The van der Waals surface area contributed by atoms with Crippen LogP contribution in [0.2, 0.25) is 0 Å². The summed E-state index contributed by atoms with van der Waals surface area (Å²) in [4.78, 5) is 0. The van der Waals surface area contributed by atoms with E-state index in [-0.39, 0.29) is 11.8 Å². The van der Waals surface area contributed by atoms with Crippen molar-refractivity contribution in [2.75, 3.05) is 13.7 Å². The van der Waals surface area contributed by atoms with E-state index >= 15 is 0 Å². The van der Waals surface area contributed by atoms with Crippen LogP contribution in [-0.4, -0.2) is 18.8 Å². The molecule has 1 atom stereocenters. The van der Waals surface area contributed by atoms with Crippen LogP contribution in [0.5, 0.6) is 5.75 Å². The first kappa shape index (κ1) is 11.0. The molecule has 0 unspecified atom stereocenters. The molecule has 0 spiro atoms. The van der Waals surface area contributed by atoms with Crippen molar-refractivity contribution in [2.45, 2.75) is 19.9 Å². The van der Waals surface area contributed by atoms with Crippen LogP contribution < -0.4 is 5.73 Å². The van der Waals surface area contributed by atoms with Crippen molar-refractivity contribution >= 4 is 0 Å². The van der Waals surface area contributed by atoms with Gasteiger partial charge in [0.1, 0.15) is 5.75 Å². The Hall–Kier alpha value is -1.06. The molecule has 1 aromatic rings. The number of phenols is 1. The maximum atomic E-state index is 9.36. The summed E-state index contributed by atoms with van der Waals surface area (Å²) in [7, 11) is 1.63. The molecule has 78 valence electrons. The van der Waals surface area contributed by atoms with E-state index in [0.29, 0.717) is 6.61 Å². The van der Waals surface area contributed by atoms with E-state index in [1.165, 1.54) is 0 Å². The third-order valence-electron chi connectivity index (χ3n) is 2.30. The molecule has 3 N–H and O–H groups in total. The van der Waals surface area contributed by atoms with Crippen molar-refractivity contribution < 1.29 is 9.84 Å². The Kier molecular flexibility index (Phi) is 3.49. The summed E-state index contributed by atoms with van der Waals surface area (Å²) in [6.45, 7) is 4.38. The quantitative estimate of drug-likeness (QED) is 0.771. The van der Waals surface area contributed by atoms with Crippen molar-refractivity contribution in [3.63, 3.8) is 0 Å². The van der Waals surface area contributed by atoms with Gasteiger partial charge >= 0.3 is 0 Å². The molecule has 0 aliphatic rings. The van der Waals surface area contributed by atoms with Crippen molar-refractivity contribution in [3.8, 4) is 5.75 Å². The van der Waals surface area contributed by atoms with Gasteiger partial charge in [-0.25, -0.2) is 0 Å². The Bertz CT molecular complexity index is 300. The monoisotopic (exact) mass is 195 g/mol. The van der Waals surface area contributed by atoms with Gasteiger partial charge < -0.3 is 15.6 Å². The van der Waals surface area contributed by atoms with Gasteiger partial charge in [-0.15, -0.1) is 0 Å². The van der Waals surface area contributed by atoms with E-state index < -0.39 is 0 Å². The summed E-state index contributed by atoms with van der Waals surface area (Å²) in [5, 5.41) is 9.36. The van der Waals surface area contributed by atoms with Gasteiger partial charge in [0.2, 0.25) is 0 Å². The highest BCUT2D eigenvalue weighted by molar-refractivity contribution is 5.42. The van der Waals surface area contributed by atoms with Crippen molar-refractivity contribution in [1.29, 1.82) is 0 Å². The number of aryl methyl sites for hydroxylation is 2. The van der Waals surface area contributed by atoms with Crippen LogP contribution in [0.4, 0.5) is 0 Å². The molecule has 1 aromatic carbocycles. The van der Waals surface area contributed by atoms with Gasteiger partial charge in [0.25, 0.3) is 0 Å². The minimum atomic E-state index is -0.124. The van der Waals surface area contributed by atoms with E-state index in [1.807, 2.05) is 13.8 Å². The predicted molar refractivity (Wildman–Crippen MR) is 56.4 cm³/mol. The van der Waals surface area contributed by atoms with E-state index in [9.17, 15) is 5.11 Å². The number of benzene rings is 1. The largest absolute Gasteiger partial charge is 0.508 e. The number of hydrogen-bond donors (Lipinski definition) is 2. The topological polar surface area (TPSA) is 55.5 Å². The summed E-state index contributed by atoms with van der Waals surface area (Å²) in [5.74, 6) is 0.286. The summed E-state index contributed by atoms with van der Waals surface area (Å²) < 4.78 is 5.01. The zero-order chi connectivity index (χ0) is 10.7. The lowest BCUT2D eigenvalue weighted by molar-refractivity contribution is 0.180. The summed E-state index contributed by atoms with van der Waals surface area (Å²) in [5.41, 5.74) is 9.02. The molecule has 3 nitrogen and oxygen atoms in total. The number of phenolic OH excluding ortho intramolecular Hbond substituents is 1. The molecular formula is C11H17NO2. The third kappa shape index (κ3) is 2.25. The number of hydrogen-bond acceptors (Lipinski definition) is 3. The molecule has 0 aliphatic heterocycles. The van der Waals surface area contributed by atoms with Crippen LogP contribution in [0.3, 0.4) is 0 Å². The fourth-order valence-corrected chi connectivity index (χ4v) is 1.80. The molecule has 0 aromatic heterocycles. The van der Waals surface area contributed by atoms with E-state index in [1.54, 1.807) is 19.2 Å². The van der Waals surface area contributed by atoms with Crippen molar-refractivity contribution in [2.24, 2.45) is 5.73 Å². The molecule has 0 heterocycles. The summed E-state index contributed by atoms with van der Waals surface area (Å²) in [6, 6.07) is 3.32. The van der Waals surface area contributed by atoms with Crippen LogP contribution in [0.15, 0.2) is 12.1 Å². The highest BCUT2D eigenvalue weighted by atomic mass is 16.5. The molecule has 0 radical (unpaired) electrons. The van der Waals surface area contributed by atoms with Gasteiger partial charge in [-0.3, -0.25) is 0 Å². The average molecular weight is 195 g/mol. The first-order chi connectivity index (χ1) is 6.56. The molecule has 14 heavy (non-hydrogen) atoms. The molecule has 3 heteroatoms. The highest BCUT2D eigenvalue weighted by Gasteiger charge is 2.12. The Morgan fingerprint density at radius 3 is 2.29 bits per heavy atom. The first-order valence-corrected chi connectivity index (χ1v) is 4.61. The number of nitrogens with two attached hydrogens (primary N) is 1. The van der Waals surface area contributed by atoms with Gasteiger partial charge in [-0.1, -0.05) is 0 Å². The Labute approximate surface area is 84.5 Å². The minimum Gasteiger partial charge on any atom is -0.508 e. The van der Waals surface area contributed by atoms with Gasteiger partial charge in [0.05, 0.1) is 12.6 Å². The van der Waals surface area contributed by atoms with Gasteiger partial charge in [0, 0.05) is 7.11 Å². The van der Waals surface area contributed by atoms with Crippen LogP contribution in [0.25, 0.3) is 0 Å². The number of rotatable bonds is 3. The van der Waals surface area contributed by atoms with Crippen LogP contribution in [0.1, 0.15) is 22.7 Å². The molecule has 0 aliphatic carbocycles. The van der Waals surface area contributed by atoms with E-state index in [0.717, 1.165) is 16.7 Å². The van der Waals surface area contributed by atoms with Crippen LogP contribution in [0, 0.1) is 13.8 Å². The van der Waals surface area contributed by atoms with Gasteiger partial charge in [0.15, 0.2) is 0 Å². The molecule has 0 fully saturated rings. The molecular weight excluding hydrogens is 178 g/mol. The molecule has 0 saturated carbocycles. The predicted octanol–water partition coefficient (Wildman–Crippen LogP) is 1.66. The van der Waals surface area contributed by atoms with Gasteiger partial charge in [-0.05, 0) is 42.7 Å². The lowest BCUT2D eigenvalue weighted by Crippen LogP contribution is -2.18. The van der Waals surface area contributed by atoms with Crippen molar-refractivity contribution in [3.05, 3.63) is 28.8 Å². The fourth-order valence-electron chi connectivity index (χ4n) is 1.80. The Morgan fingerprint density at radius 2 is 1.86 bits per heavy atom. The second-order valence-electron chi connectivity index (χ2n) is 3.56. The highest BCUT2D eigenvalue weighted by Crippen LogP contribution is 2.25. The maximum Gasteiger partial charge on any atom is 0.116 e. The second kappa shape index (κ2) is 4.44. The third-order valence-corrected chi connectivity index (χ3v) is 2.30. The zero-order valence-corrected chi connectivity index (χ0v) is 8.87. The van der Waals surface area contributed by atoms with Gasteiger partial charge in [-0.2, -0.15) is 0 Å². The molecule has 0 bridgehead atoms. The summed E-state index contributed by atoms with van der Waals surface area (Å²) >= 11 is 0. The van der Waals surface area contributed by atoms with Crippen LogP contribution >= 0.6 is 0 Å². The average Bonchev–Trinajstić information content (AvgIpc) is 2.01. The molecule has 1 rings (SSSR count). The van der Waals surface area contributed by atoms with Crippen molar-refractivity contribution in [1.82, 2.24) is 0 Å². The van der Waals surface area contributed by atoms with Crippen LogP contribution in [-0.2, 0) is 4.74 Å². The van der Waals surface area contributed by atoms with E-state index in [4.69, 9.17) is 10.5 Å². The second-order valence-corrected chi connectivity index (χ2v) is 3.56. The molecule has 0 amide bonds. The lowest BCUT2D eigenvalue weighted by atomic mass is 9.96. The Morgan fingerprint density at radius 1 is 1.36 bits per heavy atom. The smallest absolute Gasteiger partial charge is 0.116 e. The standard InChI is InChI=1S/C11H17NO2/c1-7-4-9(13)5-8(2)11(7)10(12)6-14-3/h4-5,10,13H,6,12H2,1-3H3/t10-/m1/s1. The number of ether oxygens (including phenoxy) is 1. The normalized spacial score (nSPS) is 12.9. The van der Waals surface area contributed by atoms with E-state index in [2.05, 4.69) is 0 Å². The number of methoxy groups -OCH3 is 1. The number of aromatic hydroxyl groups is 1. The Balaban J connectivity index is 3.07. The maximum absolute atomic E-state index is 9.36. The molecule has 0 saturated heterocycles. The fraction of sp³-hybridized carbons (Fsp3) is 0.455.